The number of ether oxygens (including phenoxy) is 1. The fourth-order valence-electron chi connectivity index (χ4n) is 1.51. The van der Waals surface area contributed by atoms with E-state index in [-0.39, 0.29) is 5.56 Å². The molecule has 0 saturated heterocycles. The molecule has 5 nitrogen and oxygen atoms in total. The third-order valence-electron chi connectivity index (χ3n) is 2.33. The van der Waals surface area contributed by atoms with Crippen molar-refractivity contribution in [2.75, 3.05) is 30.8 Å². The number of hydrogen-bond donors (Lipinski definition) is 3. The lowest BCUT2D eigenvalue weighted by Crippen LogP contribution is -2.15. The average molecular weight is 252 g/mol. The van der Waals surface area contributed by atoms with Gasteiger partial charge in [0.1, 0.15) is 0 Å². The van der Waals surface area contributed by atoms with E-state index in [4.69, 9.17) is 15.6 Å². The highest BCUT2D eigenvalue weighted by atomic mass is 16.5. The molecule has 0 saturated carbocycles. The number of nitrogens with two attached hydrogens (primary N) is 1. The maximum atomic E-state index is 11.0. The van der Waals surface area contributed by atoms with Gasteiger partial charge < -0.3 is 20.9 Å². The summed E-state index contributed by atoms with van der Waals surface area (Å²) in [7, 11) is 0. The predicted molar refractivity (Wildman–Crippen MR) is 72.0 cm³/mol. The number of nitrogen functional groups attached to an aromatic ring is 1. The van der Waals surface area contributed by atoms with Crippen LogP contribution >= 0.6 is 0 Å². The van der Waals surface area contributed by atoms with Crippen LogP contribution in [0, 0.1) is 5.92 Å². The van der Waals surface area contributed by atoms with Gasteiger partial charge in [0, 0.05) is 13.2 Å². The zero-order valence-corrected chi connectivity index (χ0v) is 10.8. The number of hydrogen-bond acceptors (Lipinski definition) is 4. The number of nitrogens with one attached hydrogen (secondary N) is 1. The Hall–Kier alpha value is -1.75. The van der Waals surface area contributed by atoms with Crippen molar-refractivity contribution in [1.82, 2.24) is 0 Å². The molecule has 4 N–H and O–H groups in total. The molecule has 0 aromatic heterocycles. The molecule has 0 unspecified atom stereocenters. The maximum Gasteiger partial charge on any atom is 0.337 e. The van der Waals surface area contributed by atoms with Gasteiger partial charge in [-0.25, -0.2) is 4.79 Å². The Labute approximate surface area is 107 Å². The Morgan fingerprint density at radius 2 is 2.22 bits per heavy atom. The summed E-state index contributed by atoms with van der Waals surface area (Å²) in [5.74, 6) is -0.505. The number of para-hydroxylation sites is 1. The monoisotopic (exact) mass is 252 g/mol. The Balaban J connectivity index is 2.53. The summed E-state index contributed by atoms with van der Waals surface area (Å²) in [5, 5.41) is 12.0. The summed E-state index contributed by atoms with van der Waals surface area (Å²) in [5.41, 5.74) is 6.82. The van der Waals surface area contributed by atoms with Crippen LogP contribution in [-0.4, -0.2) is 30.8 Å². The number of benzene rings is 1. The molecule has 0 radical (unpaired) electrons. The number of anilines is 2. The minimum Gasteiger partial charge on any atom is -0.478 e. The molecule has 0 amide bonds. The van der Waals surface area contributed by atoms with E-state index in [1.54, 1.807) is 12.1 Å². The Kier molecular flexibility index (Phi) is 5.45. The van der Waals surface area contributed by atoms with Gasteiger partial charge in [0.25, 0.3) is 0 Å². The molecule has 100 valence electrons. The first-order valence-corrected chi connectivity index (χ1v) is 5.95. The third-order valence-corrected chi connectivity index (χ3v) is 2.33. The average Bonchev–Trinajstić information content (AvgIpc) is 2.29. The zero-order chi connectivity index (χ0) is 13.5. The number of carboxylic acids is 1. The fourth-order valence-corrected chi connectivity index (χ4v) is 1.51. The van der Waals surface area contributed by atoms with E-state index in [9.17, 15) is 4.79 Å². The fraction of sp³-hybridized carbons (Fsp3) is 0.462. The number of carbonyl (C=O) groups is 1. The van der Waals surface area contributed by atoms with E-state index < -0.39 is 5.97 Å². The molecule has 0 bridgehead atoms. The van der Waals surface area contributed by atoms with E-state index in [0.29, 0.717) is 37.1 Å². The second-order valence-electron chi connectivity index (χ2n) is 4.47. The molecule has 0 aliphatic rings. The van der Waals surface area contributed by atoms with Crippen molar-refractivity contribution in [3.63, 3.8) is 0 Å². The van der Waals surface area contributed by atoms with Gasteiger partial charge >= 0.3 is 5.97 Å². The highest BCUT2D eigenvalue weighted by Crippen LogP contribution is 2.23. The zero-order valence-electron chi connectivity index (χ0n) is 10.8. The van der Waals surface area contributed by atoms with Crippen LogP contribution in [-0.2, 0) is 4.74 Å². The Morgan fingerprint density at radius 3 is 2.83 bits per heavy atom. The molecule has 0 aliphatic carbocycles. The van der Waals surface area contributed by atoms with Gasteiger partial charge in [-0.2, -0.15) is 0 Å². The van der Waals surface area contributed by atoms with Crippen LogP contribution < -0.4 is 11.1 Å². The molecule has 0 fully saturated rings. The summed E-state index contributed by atoms with van der Waals surface area (Å²) in [6.45, 7) is 5.89. The molecule has 0 atom stereocenters. The highest BCUT2D eigenvalue weighted by Gasteiger charge is 2.11. The molecule has 1 aromatic rings. The Morgan fingerprint density at radius 1 is 1.50 bits per heavy atom. The Bertz CT molecular complexity index is 405. The second-order valence-corrected chi connectivity index (χ2v) is 4.47. The standard InChI is InChI=1S/C13H20N2O3/c1-9(2)8-18-7-6-15-12-10(13(16)17)4-3-5-11(12)14/h3-5,9,15H,6-8,14H2,1-2H3,(H,16,17). The molecule has 1 aromatic carbocycles. The second kappa shape index (κ2) is 6.86. The van der Waals surface area contributed by atoms with Crippen molar-refractivity contribution < 1.29 is 14.6 Å². The lowest BCUT2D eigenvalue weighted by molar-refractivity contribution is 0.0698. The first kappa shape index (κ1) is 14.3. The van der Waals surface area contributed by atoms with Crippen LogP contribution in [0.5, 0.6) is 0 Å². The molecular weight excluding hydrogens is 232 g/mol. The van der Waals surface area contributed by atoms with E-state index in [0.717, 1.165) is 0 Å². The van der Waals surface area contributed by atoms with Gasteiger partial charge in [-0.1, -0.05) is 19.9 Å². The molecule has 18 heavy (non-hydrogen) atoms. The minimum atomic E-state index is -0.993. The van der Waals surface area contributed by atoms with Gasteiger partial charge in [0.2, 0.25) is 0 Å². The van der Waals surface area contributed by atoms with Crippen LogP contribution in [0.2, 0.25) is 0 Å². The topological polar surface area (TPSA) is 84.6 Å². The van der Waals surface area contributed by atoms with Crippen molar-refractivity contribution in [2.45, 2.75) is 13.8 Å². The third kappa shape index (κ3) is 4.25. The smallest absolute Gasteiger partial charge is 0.337 e. The van der Waals surface area contributed by atoms with Crippen LogP contribution in [0.25, 0.3) is 0 Å². The van der Waals surface area contributed by atoms with E-state index >= 15 is 0 Å². The van der Waals surface area contributed by atoms with Crippen molar-refractivity contribution in [3.05, 3.63) is 23.8 Å². The van der Waals surface area contributed by atoms with Crippen LogP contribution in [0.1, 0.15) is 24.2 Å². The number of rotatable bonds is 7. The van der Waals surface area contributed by atoms with Gasteiger partial charge in [-0.15, -0.1) is 0 Å². The molecule has 0 heterocycles. The highest BCUT2D eigenvalue weighted by molar-refractivity contribution is 5.97. The van der Waals surface area contributed by atoms with Crippen molar-refractivity contribution in [2.24, 2.45) is 5.92 Å². The van der Waals surface area contributed by atoms with Gasteiger partial charge in [0.05, 0.1) is 23.5 Å². The maximum absolute atomic E-state index is 11.0. The lowest BCUT2D eigenvalue weighted by Gasteiger charge is -2.13. The van der Waals surface area contributed by atoms with Crippen LogP contribution in [0.4, 0.5) is 11.4 Å². The van der Waals surface area contributed by atoms with Crippen molar-refractivity contribution in [3.8, 4) is 0 Å². The summed E-state index contributed by atoms with van der Waals surface area (Å²) >= 11 is 0. The minimum absolute atomic E-state index is 0.179. The predicted octanol–water partition coefficient (Wildman–Crippen LogP) is 2.05. The first-order chi connectivity index (χ1) is 8.52. The lowest BCUT2D eigenvalue weighted by atomic mass is 10.1. The SMILES string of the molecule is CC(C)COCCNc1c(N)cccc1C(=O)O. The first-order valence-electron chi connectivity index (χ1n) is 5.95. The van der Waals surface area contributed by atoms with Gasteiger partial charge in [0.15, 0.2) is 0 Å². The molecular formula is C13H20N2O3. The quantitative estimate of drug-likeness (QED) is 0.511. The summed E-state index contributed by atoms with van der Waals surface area (Å²) < 4.78 is 5.41. The largest absolute Gasteiger partial charge is 0.478 e. The van der Waals surface area contributed by atoms with Gasteiger partial charge in [-0.3, -0.25) is 0 Å². The van der Waals surface area contributed by atoms with Crippen LogP contribution in [0.15, 0.2) is 18.2 Å². The van der Waals surface area contributed by atoms with E-state index in [1.165, 1.54) is 6.07 Å². The summed E-state index contributed by atoms with van der Waals surface area (Å²) in [4.78, 5) is 11.0. The molecule has 5 heteroatoms. The molecule has 0 aliphatic heterocycles. The normalized spacial score (nSPS) is 10.6. The van der Waals surface area contributed by atoms with E-state index in [2.05, 4.69) is 19.2 Å². The number of aromatic carboxylic acids is 1. The van der Waals surface area contributed by atoms with Crippen molar-refractivity contribution >= 4 is 17.3 Å². The summed E-state index contributed by atoms with van der Waals surface area (Å²) in [6.07, 6.45) is 0. The number of carboxylic acid groups (broad SMARTS) is 1. The van der Waals surface area contributed by atoms with E-state index in [1.807, 2.05) is 0 Å². The van der Waals surface area contributed by atoms with Gasteiger partial charge in [-0.05, 0) is 18.1 Å². The summed E-state index contributed by atoms with van der Waals surface area (Å²) in [6, 6.07) is 4.82. The van der Waals surface area contributed by atoms with Crippen LogP contribution in [0.3, 0.4) is 0 Å². The molecule has 1 rings (SSSR count). The molecule has 0 spiro atoms. The van der Waals surface area contributed by atoms with Crippen molar-refractivity contribution in [1.29, 1.82) is 0 Å².